The molecule has 0 heterocycles. The van der Waals surface area contributed by atoms with Crippen molar-refractivity contribution in [1.29, 1.82) is 0 Å². The van der Waals surface area contributed by atoms with Crippen molar-refractivity contribution in [1.82, 2.24) is 5.32 Å². The van der Waals surface area contributed by atoms with Gasteiger partial charge in [-0.15, -0.1) is 0 Å². The van der Waals surface area contributed by atoms with Gasteiger partial charge in [0.1, 0.15) is 6.61 Å². The topological polar surface area (TPSA) is 58.6 Å². The molecule has 1 saturated carbocycles. The Hall–Kier alpha value is -0.610. The van der Waals surface area contributed by atoms with E-state index in [0.717, 1.165) is 19.3 Å². The average Bonchev–Trinajstić information content (AvgIpc) is 2.62. The molecule has 2 atom stereocenters. The third-order valence-corrected chi connectivity index (χ3v) is 2.89. The van der Waals surface area contributed by atoms with Crippen LogP contribution in [0.15, 0.2) is 0 Å². The lowest BCUT2D eigenvalue weighted by Crippen LogP contribution is -2.33. The Morgan fingerprint density at radius 1 is 1.50 bits per heavy atom. The van der Waals surface area contributed by atoms with Crippen molar-refractivity contribution in [3.63, 3.8) is 0 Å². The fourth-order valence-corrected chi connectivity index (χ4v) is 2.05. The van der Waals surface area contributed by atoms with E-state index in [0.29, 0.717) is 18.4 Å². The highest BCUT2D eigenvalue weighted by atomic mass is 16.5. The number of hydrogen-bond donors (Lipinski definition) is 2. The smallest absolute Gasteiger partial charge is 0.245 e. The van der Waals surface area contributed by atoms with Gasteiger partial charge in [0.15, 0.2) is 0 Å². The normalized spacial score (nSPS) is 26.4. The minimum Gasteiger partial charge on any atom is -0.396 e. The molecule has 4 nitrogen and oxygen atoms in total. The minimum absolute atomic E-state index is 0.0731. The number of methoxy groups -OCH3 is 1. The molecule has 1 rings (SSSR count). The van der Waals surface area contributed by atoms with E-state index in [2.05, 4.69) is 5.32 Å². The summed E-state index contributed by atoms with van der Waals surface area (Å²) in [5.41, 5.74) is 0. The van der Waals surface area contributed by atoms with E-state index in [4.69, 9.17) is 9.84 Å². The van der Waals surface area contributed by atoms with Crippen LogP contribution in [0.2, 0.25) is 0 Å². The first kappa shape index (κ1) is 11.5. The third-order valence-electron chi connectivity index (χ3n) is 2.89. The van der Waals surface area contributed by atoms with E-state index < -0.39 is 0 Å². The molecule has 1 aliphatic rings. The summed E-state index contributed by atoms with van der Waals surface area (Å²) < 4.78 is 4.71. The van der Waals surface area contributed by atoms with Crippen molar-refractivity contribution < 1.29 is 14.6 Å². The van der Waals surface area contributed by atoms with Crippen molar-refractivity contribution >= 4 is 5.91 Å². The molecule has 82 valence electrons. The fourth-order valence-electron chi connectivity index (χ4n) is 2.05. The Balaban J connectivity index is 2.20. The SMILES string of the molecule is COCC(=O)NCC1CCCC1CO. The number of ether oxygens (including phenoxy) is 1. The van der Waals surface area contributed by atoms with Gasteiger partial charge in [0, 0.05) is 20.3 Å². The molecule has 14 heavy (non-hydrogen) atoms. The van der Waals surface area contributed by atoms with E-state index in [1.165, 1.54) is 7.11 Å². The first-order chi connectivity index (χ1) is 6.77. The van der Waals surface area contributed by atoms with Crippen LogP contribution in [0.3, 0.4) is 0 Å². The van der Waals surface area contributed by atoms with Crippen LogP contribution in [-0.2, 0) is 9.53 Å². The molecule has 1 fully saturated rings. The molecule has 1 amide bonds. The molecule has 0 aromatic heterocycles. The van der Waals surface area contributed by atoms with Gasteiger partial charge in [-0.3, -0.25) is 4.79 Å². The summed E-state index contributed by atoms with van der Waals surface area (Å²) in [5, 5.41) is 11.9. The number of carbonyl (C=O) groups is 1. The molecule has 0 aromatic rings. The standard InChI is InChI=1S/C10H19NO3/c1-14-7-10(13)11-5-8-3-2-4-9(8)6-12/h8-9,12H,2-7H2,1H3,(H,11,13). The first-order valence-corrected chi connectivity index (χ1v) is 5.14. The van der Waals surface area contributed by atoms with Gasteiger partial charge in [0.05, 0.1) is 0 Å². The first-order valence-electron chi connectivity index (χ1n) is 5.14. The molecular formula is C10H19NO3. The molecule has 2 N–H and O–H groups in total. The van der Waals surface area contributed by atoms with Crippen molar-refractivity contribution in [2.24, 2.45) is 11.8 Å². The van der Waals surface area contributed by atoms with Crippen LogP contribution in [0.1, 0.15) is 19.3 Å². The van der Waals surface area contributed by atoms with Crippen LogP contribution < -0.4 is 5.32 Å². The van der Waals surface area contributed by atoms with Gasteiger partial charge in [0.25, 0.3) is 0 Å². The summed E-state index contributed by atoms with van der Waals surface area (Å²) >= 11 is 0. The van der Waals surface area contributed by atoms with Crippen molar-refractivity contribution in [2.45, 2.75) is 19.3 Å². The lowest BCUT2D eigenvalue weighted by Gasteiger charge is -2.17. The van der Waals surface area contributed by atoms with E-state index in [9.17, 15) is 4.79 Å². The van der Waals surface area contributed by atoms with Gasteiger partial charge in [-0.25, -0.2) is 0 Å². The van der Waals surface area contributed by atoms with Gasteiger partial charge >= 0.3 is 0 Å². The number of amides is 1. The summed E-state index contributed by atoms with van der Waals surface area (Å²) in [4.78, 5) is 11.1. The lowest BCUT2D eigenvalue weighted by atomic mass is 9.97. The van der Waals surface area contributed by atoms with Gasteiger partial charge in [0.2, 0.25) is 5.91 Å². The molecule has 0 saturated heterocycles. The van der Waals surface area contributed by atoms with Gasteiger partial charge in [-0.05, 0) is 24.7 Å². The monoisotopic (exact) mass is 201 g/mol. The minimum atomic E-state index is -0.0731. The lowest BCUT2D eigenvalue weighted by molar-refractivity contribution is -0.125. The molecule has 0 bridgehead atoms. The third kappa shape index (κ3) is 3.27. The van der Waals surface area contributed by atoms with Crippen molar-refractivity contribution in [2.75, 3.05) is 26.9 Å². The van der Waals surface area contributed by atoms with Gasteiger partial charge in [-0.2, -0.15) is 0 Å². The van der Waals surface area contributed by atoms with E-state index in [1.807, 2.05) is 0 Å². The summed E-state index contributed by atoms with van der Waals surface area (Å²) in [7, 11) is 1.51. The highest BCUT2D eigenvalue weighted by Crippen LogP contribution is 2.30. The van der Waals surface area contributed by atoms with E-state index in [1.54, 1.807) is 0 Å². The quantitative estimate of drug-likeness (QED) is 0.666. The molecule has 0 radical (unpaired) electrons. The molecule has 0 aromatic carbocycles. The average molecular weight is 201 g/mol. The summed E-state index contributed by atoms with van der Waals surface area (Å²) in [6.07, 6.45) is 3.36. The van der Waals surface area contributed by atoms with Crippen molar-refractivity contribution in [3.8, 4) is 0 Å². The zero-order chi connectivity index (χ0) is 10.4. The van der Waals surface area contributed by atoms with Crippen LogP contribution in [0.4, 0.5) is 0 Å². The molecule has 2 unspecified atom stereocenters. The second-order valence-corrected chi connectivity index (χ2v) is 3.87. The Morgan fingerprint density at radius 3 is 2.86 bits per heavy atom. The maximum Gasteiger partial charge on any atom is 0.245 e. The Bertz CT molecular complexity index is 184. The highest BCUT2D eigenvalue weighted by Gasteiger charge is 2.26. The van der Waals surface area contributed by atoms with Gasteiger partial charge < -0.3 is 15.2 Å². The predicted octanol–water partition coefficient (Wildman–Crippen LogP) is 0.158. The fraction of sp³-hybridized carbons (Fsp3) is 0.900. The van der Waals surface area contributed by atoms with E-state index >= 15 is 0 Å². The molecular weight excluding hydrogens is 182 g/mol. The van der Waals surface area contributed by atoms with Crippen LogP contribution in [0, 0.1) is 11.8 Å². The number of nitrogens with one attached hydrogen (secondary N) is 1. The Labute approximate surface area is 84.6 Å². The largest absolute Gasteiger partial charge is 0.396 e. The zero-order valence-electron chi connectivity index (χ0n) is 8.66. The predicted molar refractivity (Wildman–Crippen MR) is 52.8 cm³/mol. The summed E-state index contributed by atoms with van der Waals surface area (Å²) in [5.74, 6) is 0.745. The van der Waals surface area contributed by atoms with Crippen LogP contribution in [0.25, 0.3) is 0 Å². The second-order valence-electron chi connectivity index (χ2n) is 3.87. The van der Waals surface area contributed by atoms with Crippen LogP contribution in [-0.4, -0.2) is 37.9 Å². The summed E-state index contributed by atoms with van der Waals surface area (Å²) in [6, 6.07) is 0. The van der Waals surface area contributed by atoms with Crippen LogP contribution >= 0.6 is 0 Å². The number of rotatable bonds is 5. The maximum absolute atomic E-state index is 11.1. The highest BCUT2D eigenvalue weighted by molar-refractivity contribution is 5.77. The maximum atomic E-state index is 11.1. The Morgan fingerprint density at radius 2 is 2.21 bits per heavy atom. The molecule has 0 aliphatic heterocycles. The van der Waals surface area contributed by atoms with Crippen molar-refractivity contribution in [3.05, 3.63) is 0 Å². The molecule has 4 heteroatoms. The van der Waals surface area contributed by atoms with Crippen LogP contribution in [0.5, 0.6) is 0 Å². The molecule has 0 spiro atoms. The Kier molecular flexibility index (Phi) is 4.90. The van der Waals surface area contributed by atoms with E-state index in [-0.39, 0.29) is 19.1 Å². The molecule has 1 aliphatic carbocycles. The number of hydrogen-bond acceptors (Lipinski definition) is 3. The number of aliphatic hydroxyl groups is 1. The summed E-state index contributed by atoms with van der Waals surface area (Å²) in [6.45, 7) is 1.04. The zero-order valence-corrected chi connectivity index (χ0v) is 8.66. The number of carbonyl (C=O) groups excluding carboxylic acids is 1. The van der Waals surface area contributed by atoms with Gasteiger partial charge in [-0.1, -0.05) is 6.42 Å². The number of aliphatic hydroxyl groups excluding tert-OH is 1. The second kappa shape index (κ2) is 5.98.